The van der Waals surface area contributed by atoms with E-state index in [1.807, 2.05) is 0 Å². The van der Waals surface area contributed by atoms with Crippen LogP contribution in [-0.2, 0) is 6.42 Å². The van der Waals surface area contributed by atoms with Crippen LogP contribution in [0.3, 0.4) is 0 Å². The fraction of sp³-hybridized carbons (Fsp3) is 0.400. The molecule has 0 N–H and O–H groups in total. The van der Waals surface area contributed by atoms with Gasteiger partial charge in [-0.15, -0.1) is 0 Å². The molecule has 1 aromatic rings. The number of hydrogen-bond donors (Lipinski definition) is 0. The molecule has 0 aliphatic heterocycles. The van der Waals surface area contributed by atoms with Gasteiger partial charge in [-0.3, -0.25) is 0 Å². The molecular formula is C10H11I3. The molecule has 0 saturated carbocycles. The molecule has 0 fully saturated rings. The van der Waals surface area contributed by atoms with Gasteiger partial charge in [0.2, 0.25) is 0 Å². The van der Waals surface area contributed by atoms with Crippen molar-refractivity contribution in [2.24, 2.45) is 0 Å². The van der Waals surface area contributed by atoms with Gasteiger partial charge >= 0.3 is 0 Å². The first-order chi connectivity index (χ1) is 6.15. The number of unbranched alkanes of at least 4 members (excludes halogenated alkanes) is 1. The van der Waals surface area contributed by atoms with Gasteiger partial charge in [0.25, 0.3) is 0 Å². The Morgan fingerprint density at radius 1 is 1.08 bits per heavy atom. The van der Waals surface area contributed by atoms with Crippen molar-refractivity contribution < 1.29 is 0 Å². The first-order valence-corrected chi connectivity index (χ1v) is 7.52. The lowest BCUT2D eigenvalue weighted by molar-refractivity contribution is 0.794. The predicted octanol–water partition coefficient (Wildman–Crippen LogP) is 4.84. The predicted molar refractivity (Wildman–Crippen MR) is 83.2 cm³/mol. The molecule has 0 atom stereocenters. The van der Waals surface area contributed by atoms with Crippen molar-refractivity contribution in [2.75, 3.05) is 0 Å². The number of rotatable bonds is 3. The topological polar surface area (TPSA) is 0 Å². The summed E-state index contributed by atoms with van der Waals surface area (Å²) >= 11 is 7.24. The Labute approximate surface area is 121 Å². The van der Waals surface area contributed by atoms with Crippen LogP contribution in [0.1, 0.15) is 25.3 Å². The molecule has 0 amide bonds. The van der Waals surface area contributed by atoms with E-state index in [1.54, 1.807) is 0 Å². The highest BCUT2D eigenvalue weighted by molar-refractivity contribution is 14.1. The molecule has 0 aliphatic rings. The van der Waals surface area contributed by atoms with E-state index in [0.717, 1.165) is 0 Å². The third kappa shape index (κ3) is 3.81. The zero-order valence-electron chi connectivity index (χ0n) is 7.41. The number of benzene rings is 1. The van der Waals surface area contributed by atoms with Crippen molar-refractivity contribution in [2.45, 2.75) is 26.2 Å². The second kappa shape index (κ2) is 6.09. The summed E-state index contributed by atoms with van der Waals surface area (Å²) in [6, 6.07) is 4.61. The molecule has 0 nitrogen and oxygen atoms in total. The van der Waals surface area contributed by atoms with E-state index < -0.39 is 0 Å². The standard InChI is InChI=1S/C10H11I3/c1-2-3-4-7-5-8(11)10(13)9(12)6-7/h5-6H,2-4H2,1H3. The van der Waals surface area contributed by atoms with Crippen LogP contribution in [0, 0.1) is 10.7 Å². The minimum absolute atomic E-state index is 1.22. The average Bonchev–Trinajstić information content (AvgIpc) is 2.10. The van der Waals surface area contributed by atoms with Gasteiger partial charge in [0.1, 0.15) is 0 Å². The van der Waals surface area contributed by atoms with Crippen molar-refractivity contribution in [1.29, 1.82) is 0 Å². The molecule has 0 saturated heterocycles. The van der Waals surface area contributed by atoms with E-state index in [-0.39, 0.29) is 0 Å². The van der Waals surface area contributed by atoms with E-state index in [2.05, 4.69) is 86.8 Å². The van der Waals surface area contributed by atoms with Crippen LogP contribution in [0.5, 0.6) is 0 Å². The molecule has 13 heavy (non-hydrogen) atoms. The Bertz CT molecular complexity index is 271. The van der Waals surface area contributed by atoms with Crippen molar-refractivity contribution in [3.8, 4) is 0 Å². The summed E-state index contributed by atoms with van der Waals surface area (Å²) < 4.78 is 4.16. The van der Waals surface area contributed by atoms with E-state index in [9.17, 15) is 0 Å². The van der Waals surface area contributed by atoms with Crippen LogP contribution < -0.4 is 0 Å². The zero-order valence-corrected chi connectivity index (χ0v) is 13.9. The number of halogens is 3. The third-order valence-electron chi connectivity index (χ3n) is 1.86. The Morgan fingerprint density at radius 2 is 1.62 bits per heavy atom. The minimum Gasteiger partial charge on any atom is -0.0654 e. The van der Waals surface area contributed by atoms with E-state index in [4.69, 9.17) is 0 Å². The highest BCUT2D eigenvalue weighted by Crippen LogP contribution is 2.23. The van der Waals surface area contributed by atoms with Gasteiger partial charge in [-0.05, 0) is 98.3 Å². The van der Waals surface area contributed by atoms with Crippen molar-refractivity contribution in [1.82, 2.24) is 0 Å². The summed E-state index contributed by atoms with van der Waals surface area (Å²) in [5.74, 6) is 0. The van der Waals surface area contributed by atoms with E-state index in [0.29, 0.717) is 0 Å². The average molecular weight is 512 g/mol. The molecule has 3 heteroatoms. The molecule has 0 spiro atoms. The van der Waals surface area contributed by atoms with Crippen LogP contribution in [0.4, 0.5) is 0 Å². The summed E-state index contributed by atoms with van der Waals surface area (Å²) in [5.41, 5.74) is 1.48. The second-order valence-corrected chi connectivity index (χ2v) is 6.38. The lowest BCUT2D eigenvalue weighted by Crippen LogP contribution is -1.91. The Kier molecular flexibility index (Phi) is 5.85. The maximum absolute atomic E-state index is 2.42. The monoisotopic (exact) mass is 512 g/mol. The third-order valence-corrected chi connectivity index (χ3v) is 6.79. The number of aryl methyl sites for hydroxylation is 1. The van der Waals surface area contributed by atoms with Gasteiger partial charge in [0.05, 0.1) is 0 Å². The van der Waals surface area contributed by atoms with Crippen molar-refractivity contribution in [3.63, 3.8) is 0 Å². The summed E-state index contributed by atoms with van der Waals surface area (Å²) in [4.78, 5) is 0. The normalized spacial score (nSPS) is 10.5. The Morgan fingerprint density at radius 3 is 2.08 bits per heavy atom. The summed E-state index contributed by atoms with van der Waals surface area (Å²) in [6.45, 7) is 2.24. The summed E-state index contributed by atoms with van der Waals surface area (Å²) in [7, 11) is 0. The molecule has 0 heterocycles. The van der Waals surface area contributed by atoms with Crippen molar-refractivity contribution in [3.05, 3.63) is 28.4 Å². The Hall–Kier alpha value is 1.41. The van der Waals surface area contributed by atoms with Gasteiger partial charge < -0.3 is 0 Å². The molecule has 72 valence electrons. The summed E-state index contributed by atoms with van der Waals surface area (Å²) in [6.07, 6.45) is 3.80. The summed E-state index contributed by atoms with van der Waals surface area (Å²) in [5, 5.41) is 0. The highest BCUT2D eigenvalue weighted by Gasteiger charge is 2.03. The van der Waals surface area contributed by atoms with Gasteiger partial charge in [-0.2, -0.15) is 0 Å². The molecule has 1 aromatic carbocycles. The lowest BCUT2D eigenvalue weighted by atomic mass is 10.1. The van der Waals surface area contributed by atoms with Crippen molar-refractivity contribution >= 4 is 67.8 Å². The maximum Gasteiger partial charge on any atom is 0.0397 e. The fourth-order valence-electron chi connectivity index (χ4n) is 1.13. The quantitative estimate of drug-likeness (QED) is 0.402. The largest absolute Gasteiger partial charge is 0.0654 e. The molecule has 0 bridgehead atoms. The molecule has 0 aromatic heterocycles. The molecule has 0 aliphatic carbocycles. The van der Waals surface area contributed by atoms with Gasteiger partial charge in [0.15, 0.2) is 0 Å². The molecular weight excluding hydrogens is 501 g/mol. The highest BCUT2D eigenvalue weighted by atomic mass is 127. The Balaban J connectivity index is 2.86. The van der Waals surface area contributed by atoms with Gasteiger partial charge in [-0.25, -0.2) is 0 Å². The molecule has 0 radical (unpaired) electrons. The van der Waals surface area contributed by atoms with E-state index in [1.165, 1.54) is 35.5 Å². The van der Waals surface area contributed by atoms with Gasteiger partial charge in [-0.1, -0.05) is 13.3 Å². The van der Waals surface area contributed by atoms with E-state index >= 15 is 0 Å². The van der Waals surface area contributed by atoms with Crippen LogP contribution in [0.15, 0.2) is 12.1 Å². The van der Waals surface area contributed by atoms with Crippen LogP contribution in [-0.4, -0.2) is 0 Å². The zero-order chi connectivity index (χ0) is 9.84. The lowest BCUT2D eigenvalue weighted by Gasteiger charge is -2.05. The van der Waals surface area contributed by atoms with Crippen LogP contribution in [0.25, 0.3) is 0 Å². The van der Waals surface area contributed by atoms with Gasteiger partial charge in [0, 0.05) is 10.7 Å². The molecule has 0 unspecified atom stereocenters. The first kappa shape index (κ1) is 12.5. The first-order valence-electron chi connectivity index (χ1n) is 4.28. The maximum atomic E-state index is 2.42. The van der Waals surface area contributed by atoms with Crippen LogP contribution in [0.2, 0.25) is 0 Å². The number of hydrogen-bond acceptors (Lipinski definition) is 0. The minimum atomic E-state index is 1.22. The SMILES string of the molecule is CCCCc1cc(I)c(I)c(I)c1. The smallest absolute Gasteiger partial charge is 0.0397 e. The molecule has 1 rings (SSSR count). The second-order valence-electron chi connectivity index (χ2n) is 2.98. The fourth-order valence-corrected chi connectivity index (χ4v) is 3.34. The van der Waals surface area contributed by atoms with Crippen LogP contribution >= 0.6 is 67.8 Å².